The average Bonchev–Trinajstić information content (AvgIpc) is 3.20. The summed E-state index contributed by atoms with van der Waals surface area (Å²) in [6.45, 7) is 1.63. The van der Waals surface area contributed by atoms with Gasteiger partial charge in [0.1, 0.15) is 11.5 Å². The topological polar surface area (TPSA) is 55.6 Å². The van der Waals surface area contributed by atoms with Crippen molar-refractivity contribution in [2.24, 2.45) is 0 Å². The highest BCUT2D eigenvalue weighted by molar-refractivity contribution is 6.33. The second-order valence-corrected chi connectivity index (χ2v) is 5.64. The first kappa shape index (κ1) is 15.1. The molecule has 0 saturated carbocycles. The Balaban J connectivity index is 1.80. The quantitative estimate of drug-likeness (QED) is 0.849. The maximum absolute atomic E-state index is 12.8. The number of amides is 1. The average molecular weight is 321 g/mol. The normalized spacial score (nSPS) is 17.6. The minimum absolute atomic E-state index is 0.0569. The number of carbonyl (C=O) groups is 1. The lowest BCUT2D eigenvalue weighted by molar-refractivity contribution is 0.0487. The van der Waals surface area contributed by atoms with E-state index in [4.69, 9.17) is 20.8 Å². The Morgan fingerprint density at radius 2 is 2.32 bits per heavy atom. The molecule has 2 aromatic heterocycles. The summed E-state index contributed by atoms with van der Waals surface area (Å²) in [4.78, 5) is 18.6. The number of halogens is 1. The van der Waals surface area contributed by atoms with Crippen LogP contribution in [0.25, 0.3) is 0 Å². The van der Waals surface area contributed by atoms with Crippen molar-refractivity contribution in [2.45, 2.75) is 25.5 Å². The minimum atomic E-state index is -0.211. The molecular weight excluding hydrogens is 304 g/mol. The standard InChI is InChI=1S/C16H17ClN2O3/c17-14-6-1-7-18-15(14)16(20)19(10-12-4-2-8-21-12)11-13-5-3-9-22-13/h1-2,4,6-8,13H,3,5,9-11H2. The summed E-state index contributed by atoms with van der Waals surface area (Å²) in [6.07, 6.45) is 5.20. The van der Waals surface area contributed by atoms with Crippen LogP contribution >= 0.6 is 11.6 Å². The fraction of sp³-hybridized carbons (Fsp3) is 0.375. The largest absolute Gasteiger partial charge is 0.467 e. The van der Waals surface area contributed by atoms with Crippen molar-refractivity contribution in [1.29, 1.82) is 0 Å². The Bertz CT molecular complexity index is 624. The van der Waals surface area contributed by atoms with Crippen LogP contribution in [0.1, 0.15) is 29.1 Å². The van der Waals surface area contributed by atoms with E-state index in [9.17, 15) is 4.79 Å². The van der Waals surface area contributed by atoms with E-state index in [1.165, 1.54) is 0 Å². The summed E-state index contributed by atoms with van der Waals surface area (Å²) in [5.74, 6) is 0.510. The molecule has 2 aromatic rings. The molecule has 0 spiro atoms. The van der Waals surface area contributed by atoms with Crippen LogP contribution in [-0.2, 0) is 11.3 Å². The van der Waals surface area contributed by atoms with Crippen LogP contribution in [0, 0.1) is 0 Å². The lowest BCUT2D eigenvalue weighted by Crippen LogP contribution is -2.37. The maximum atomic E-state index is 12.8. The van der Waals surface area contributed by atoms with Gasteiger partial charge in [-0.3, -0.25) is 4.79 Å². The molecule has 5 nitrogen and oxygen atoms in total. The number of pyridine rings is 1. The van der Waals surface area contributed by atoms with Gasteiger partial charge in [0.25, 0.3) is 5.91 Å². The van der Waals surface area contributed by atoms with Gasteiger partial charge in [0.2, 0.25) is 0 Å². The third-order valence-electron chi connectivity index (χ3n) is 3.62. The summed E-state index contributed by atoms with van der Waals surface area (Å²) in [5.41, 5.74) is 0.258. The first-order chi connectivity index (χ1) is 10.7. The molecule has 6 heteroatoms. The highest BCUT2D eigenvalue weighted by Crippen LogP contribution is 2.20. The molecule has 1 aliphatic heterocycles. The highest BCUT2D eigenvalue weighted by atomic mass is 35.5. The van der Waals surface area contributed by atoms with Gasteiger partial charge >= 0.3 is 0 Å². The Labute approximate surface area is 133 Å². The second kappa shape index (κ2) is 6.94. The van der Waals surface area contributed by atoms with Crippen molar-refractivity contribution in [3.63, 3.8) is 0 Å². The van der Waals surface area contributed by atoms with Gasteiger partial charge in [0, 0.05) is 19.3 Å². The number of carbonyl (C=O) groups excluding carboxylic acids is 1. The van der Waals surface area contributed by atoms with Crippen molar-refractivity contribution in [1.82, 2.24) is 9.88 Å². The lowest BCUT2D eigenvalue weighted by atomic mass is 10.2. The first-order valence-electron chi connectivity index (χ1n) is 7.28. The molecule has 0 aromatic carbocycles. The van der Waals surface area contributed by atoms with Gasteiger partial charge in [-0.1, -0.05) is 11.6 Å². The molecule has 22 heavy (non-hydrogen) atoms. The van der Waals surface area contributed by atoms with Gasteiger partial charge in [-0.2, -0.15) is 0 Å². The zero-order valence-electron chi connectivity index (χ0n) is 12.1. The summed E-state index contributed by atoms with van der Waals surface area (Å²) in [6, 6.07) is 7.02. The van der Waals surface area contributed by atoms with Crippen LogP contribution in [0.2, 0.25) is 5.02 Å². The van der Waals surface area contributed by atoms with Gasteiger partial charge in [-0.05, 0) is 37.1 Å². The number of nitrogens with zero attached hydrogens (tertiary/aromatic N) is 2. The molecular formula is C16H17ClN2O3. The Hall–Kier alpha value is -1.85. The van der Waals surface area contributed by atoms with Crippen LogP contribution in [0.3, 0.4) is 0 Å². The van der Waals surface area contributed by atoms with E-state index in [0.29, 0.717) is 18.1 Å². The van der Waals surface area contributed by atoms with Crippen LogP contribution in [0.4, 0.5) is 0 Å². The number of rotatable bonds is 5. The van der Waals surface area contributed by atoms with Crippen molar-refractivity contribution >= 4 is 17.5 Å². The predicted octanol–water partition coefficient (Wildman–Crippen LogP) is 3.15. The lowest BCUT2D eigenvalue weighted by Gasteiger charge is -2.24. The Morgan fingerprint density at radius 3 is 3.00 bits per heavy atom. The molecule has 1 unspecified atom stereocenters. The van der Waals surface area contributed by atoms with Crippen LogP contribution < -0.4 is 0 Å². The molecule has 1 saturated heterocycles. The van der Waals surface area contributed by atoms with Gasteiger partial charge in [-0.25, -0.2) is 4.98 Å². The molecule has 3 rings (SSSR count). The molecule has 0 radical (unpaired) electrons. The monoisotopic (exact) mass is 320 g/mol. The Morgan fingerprint density at radius 1 is 1.41 bits per heavy atom. The number of aromatic nitrogens is 1. The van der Waals surface area contributed by atoms with Crippen LogP contribution in [0.15, 0.2) is 41.1 Å². The first-order valence-corrected chi connectivity index (χ1v) is 7.65. The smallest absolute Gasteiger partial charge is 0.274 e. The Kier molecular flexibility index (Phi) is 4.75. The van der Waals surface area contributed by atoms with E-state index in [1.807, 2.05) is 6.07 Å². The van der Waals surface area contributed by atoms with E-state index >= 15 is 0 Å². The molecule has 1 aliphatic rings. The highest BCUT2D eigenvalue weighted by Gasteiger charge is 2.26. The number of furan rings is 1. The molecule has 1 fully saturated rings. The van der Waals surface area contributed by atoms with E-state index < -0.39 is 0 Å². The van der Waals surface area contributed by atoms with Gasteiger partial charge in [0.05, 0.1) is 23.9 Å². The van der Waals surface area contributed by atoms with Gasteiger partial charge < -0.3 is 14.1 Å². The van der Waals surface area contributed by atoms with Gasteiger partial charge in [0.15, 0.2) is 0 Å². The second-order valence-electron chi connectivity index (χ2n) is 5.23. The van der Waals surface area contributed by atoms with E-state index in [0.717, 1.165) is 25.2 Å². The van der Waals surface area contributed by atoms with E-state index in [1.54, 1.807) is 35.6 Å². The molecule has 1 amide bonds. The molecule has 0 N–H and O–H groups in total. The zero-order valence-corrected chi connectivity index (χ0v) is 12.8. The maximum Gasteiger partial charge on any atom is 0.274 e. The summed E-state index contributed by atoms with van der Waals surface area (Å²) in [5, 5.41) is 0.351. The summed E-state index contributed by atoms with van der Waals surface area (Å²) >= 11 is 6.10. The minimum Gasteiger partial charge on any atom is -0.467 e. The zero-order chi connectivity index (χ0) is 15.4. The summed E-state index contributed by atoms with van der Waals surface area (Å²) < 4.78 is 11.0. The van der Waals surface area contributed by atoms with E-state index in [2.05, 4.69) is 4.98 Å². The van der Waals surface area contributed by atoms with E-state index in [-0.39, 0.29) is 17.7 Å². The number of hydrogen-bond acceptors (Lipinski definition) is 4. The fourth-order valence-corrected chi connectivity index (χ4v) is 2.74. The molecule has 3 heterocycles. The van der Waals surface area contributed by atoms with Crippen molar-refractivity contribution < 1.29 is 13.9 Å². The predicted molar refractivity (Wildman–Crippen MR) is 81.7 cm³/mol. The number of hydrogen-bond donors (Lipinski definition) is 0. The van der Waals surface area contributed by atoms with Gasteiger partial charge in [-0.15, -0.1) is 0 Å². The van der Waals surface area contributed by atoms with Crippen LogP contribution in [0.5, 0.6) is 0 Å². The molecule has 1 atom stereocenters. The molecule has 0 bridgehead atoms. The third kappa shape index (κ3) is 3.48. The van der Waals surface area contributed by atoms with Crippen molar-refractivity contribution in [3.8, 4) is 0 Å². The van der Waals surface area contributed by atoms with Crippen LogP contribution in [-0.4, -0.2) is 35.0 Å². The molecule has 116 valence electrons. The summed E-state index contributed by atoms with van der Waals surface area (Å²) in [7, 11) is 0. The fourth-order valence-electron chi connectivity index (χ4n) is 2.54. The number of ether oxygens (including phenoxy) is 1. The SMILES string of the molecule is O=C(c1ncccc1Cl)N(Cc1ccco1)CC1CCCO1. The molecule has 0 aliphatic carbocycles. The third-order valence-corrected chi connectivity index (χ3v) is 3.93. The van der Waals surface area contributed by atoms with Crippen molar-refractivity contribution in [3.05, 3.63) is 53.2 Å². The van der Waals surface area contributed by atoms with Crippen molar-refractivity contribution in [2.75, 3.05) is 13.2 Å².